The smallest absolute Gasteiger partial charge is 0.119 e. The number of rotatable bonds is 7. The fourth-order valence-electron chi connectivity index (χ4n) is 3.64. The van der Waals surface area contributed by atoms with E-state index in [9.17, 15) is 0 Å². The summed E-state index contributed by atoms with van der Waals surface area (Å²) in [6, 6.07) is 18.7. The number of piperidine rings is 1. The Morgan fingerprint density at radius 3 is 2.48 bits per heavy atom. The monoisotopic (exact) mass is 337 g/mol. The van der Waals surface area contributed by atoms with Gasteiger partial charge in [-0.05, 0) is 48.7 Å². The number of likely N-dealkylation sites (tertiary alicyclic amines) is 1. The van der Waals surface area contributed by atoms with Crippen LogP contribution in [0.25, 0.3) is 0 Å². The van der Waals surface area contributed by atoms with Crippen LogP contribution in [0.1, 0.15) is 17.9 Å². The molecule has 0 aliphatic carbocycles. The molecule has 1 heterocycles. The fraction of sp³-hybridized carbons (Fsp3) is 0.364. The first kappa shape index (κ1) is 17.6. The highest BCUT2D eigenvalue weighted by Crippen LogP contribution is 2.33. The molecule has 2 unspecified atom stereocenters. The van der Waals surface area contributed by atoms with Crippen LogP contribution in [0.4, 0.5) is 0 Å². The number of hydrogen-bond donors (Lipinski definition) is 0. The molecule has 0 bridgehead atoms. The van der Waals surface area contributed by atoms with Crippen molar-refractivity contribution in [3.05, 3.63) is 72.8 Å². The summed E-state index contributed by atoms with van der Waals surface area (Å²) in [6.45, 7) is 7.71. The van der Waals surface area contributed by atoms with Gasteiger partial charge in [-0.25, -0.2) is 0 Å². The van der Waals surface area contributed by atoms with Crippen molar-refractivity contribution in [1.82, 2.24) is 4.90 Å². The van der Waals surface area contributed by atoms with Gasteiger partial charge in [0.25, 0.3) is 0 Å². The van der Waals surface area contributed by atoms with E-state index in [1.54, 1.807) is 7.11 Å². The molecular formula is C22H27NO2. The molecule has 1 aliphatic heterocycles. The van der Waals surface area contributed by atoms with E-state index in [4.69, 9.17) is 9.47 Å². The maximum absolute atomic E-state index is 6.12. The molecule has 2 aromatic rings. The summed E-state index contributed by atoms with van der Waals surface area (Å²) in [6.07, 6.45) is 3.15. The molecule has 3 rings (SSSR count). The third kappa shape index (κ3) is 4.64. The Bertz CT molecular complexity index is 653. The van der Waals surface area contributed by atoms with Crippen molar-refractivity contribution in [2.24, 2.45) is 5.92 Å². The average molecular weight is 337 g/mol. The van der Waals surface area contributed by atoms with E-state index in [0.29, 0.717) is 11.8 Å². The standard InChI is InChI=1S/C22H27NO2/c1-3-14-23-15-13-22(18-7-5-4-6-8-18)19(16-23)17-25-21-11-9-20(24-2)10-12-21/h3-12,19,22H,1,13-17H2,2H3. The van der Waals surface area contributed by atoms with Crippen molar-refractivity contribution in [3.63, 3.8) is 0 Å². The van der Waals surface area contributed by atoms with E-state index < -0.39 is 0 Å². The number of nitrogens with zero attached hydrogens (tertiary/aromatic N) is 1. The lowest BCUT2D eigenvalue weighted by molar-refractivity contribution is 0.119. The molecule has 3 heteroatoms. The molecule has 1 aliphatic rings. The Morgan fingerprint density at radius 2 is 1.80 bits per heavy atom. The molecular weight excluding hydrogens is 310 g/mol. The topological polar surface area (TPSA) is 21.7 Å². The van der Waals surface area contributed by atoms with Crippen molar-refractivity contribution in [1.29, 1.82) is 0 Å². The lowest BCUT2D eigenvalue weighted by Crippen LogP contribution is -2.41. The molecule has 0 amide bonds. The summed E-state index contributed by atoms with van der Waals surface area (Å²) in [7, 11) is 1.68. The molecule has 0 aromatic heterocycles. The molecule has 2 aromatic carbocycles. The second kappa shape index (κ2) is 8.72. The van der Waals surface area contributed by atoms with Crippen molar-refractivity contribution < 1.29 is 9.47 Å². The van der Waals surface area contributed by atoms with Crippen LogP contribution < -0.4 is 9.47 Å². The lowest BCUT2D eigenvalue weighted by Gasteiger charge is -2.38. The van der Waals surface area contributed by atoms with Gasteiger partial charge in [0.15, 0.2) is 0 Å². The normalized spacial score (nSPS) is 20.8. The van der Waals surface area contributed by atoms with Crippen molar-refractivity contribution in [3.8, 4) is 11.5 Å². The summed E-state index contributed by atoms with van der Waals surface area (Å²) in [4.78, 5) is 2.47. The quantitative estimate of drug-likeness (QED) is 0.701. The highest BCUT2D eigenvalue weighted by molar-refractivity contribution is 5.31. The highest BCUT2D eigenvalue weighted by atomic mass is 16.5. The molecule has 25 heavy (non-hydrogen) atoms. The Kier molecular flexibility index (Phi) is 6.13. The van der Waals surface area contributed by atoms with Crippen molar-refractivity contribution in [2.45, 2.75) is 12.3 Å². The van der Waals surface area contributed by atoms with Crippen LogP contribution in [0.15, 0.2) is 67.3 Å². The molecule has 132 valence electrons. The largest absolute Gasteiger partial charge is 0.497 e. The minimum Gasteiger partial charge on any atom is -0.497 e. The van der Waals surface area contributed by atoms with Crippen LogP contribution in [0.2, 0.25) is 0 Å². The van der Waals surface area contributed by atoms with Crippen LogP contribution in [-0.2, 0) is 0 Å². The molecule has 1 saturated heterocycles. The molecule has 0 spiro atoms. The van der Waals surface area contributed by atoms with Gasteiger partial charge in [0.1, 0.15) is 11.5 Å². The SMILES string of the molecule is C=CCN1CCC(c2ccccc2)C(COc2ccc(OC)cc2)C1. The summed E-state index contributed by atoms with van der Waals surface area (Å²) >= 11 is 0. The lowest BCUT2D eigenvalue weighted by atomic mass is 9.81. The predicted octanol–water partition coefficient (Wildman–Crippen LogP) is 4.37. The van der Waals surface area contributed by atoms with Gasteiger partial charge in [-0.2, -0.15) is 0 Å². The van der Waals surface area contributed by atoms with Crippen LogP contribution in [-0.4, -0.2) is 38.3 Å². The minimum atomic E-state index is 0.471. The molecule has 3 nitrogen and oxygen atoms in total. The van der Waals surface area contributed by atoms with Gasteiger partial charge in [0.2, 0.25) is 0 Å². The van der Waals surface area contributed by atoms with Crippen molar-refractivity contribution in [2.75, 3.05) is 33.4 Å². The number of hydrogen-bond acceptors (Lipinski definition) is 3. The Hall–Kier alpha value is -2.26. The summed E-state index contributed by atoms with van der Waals surface area (Å²) in [5.41, 5.74) is 1.42. The predicted molar refractivity (Wildman–Crippen MR) is 102 cm³/mol. The zero-order chi connectivity index (χ0) is 17.5. The third-order valence-electron chi connectivity index (χ3n) is 4.96. The first-order valence-corrected chi connectivity index (χ1v) is 8.95. The highest BCUT2D eigenvalue weighted by Gasteiger charge is 2.30. The second-order valence-electron chi connectivity index (χ2n) is 6.60. The van der Waals surface area contributed by atoms with Gasteiger partial charge in [0, 0.05) is 19.0 Å². The van der Waals surface area contributed by atoms with E-state index in [-0.39, 0.29) is 0 Å². The van der Waals surface area contributed by atoms with Crippen LogP contribution in [0.3, 0.4) is 0 Å². The van der Waals surface area contributed by atoms with E-state index in [1.807, 2.05) is 30.3 Å². The van der Waals surface area contributed by atoms with E-state index >= 15 is 0 Å². The molecule has 0 N–H and O–H groups in total. The van der Waals surface area contributed by atoms with Crippen molar-refractivity contribution >= 4 is 0 Å². The Labute approximate surface area is 150 Å². The first-order chi connectivity index (χ1) is 12.3. The van der Waals surface area contributed by atoms with Gasteiger partial charge in [-0.15, -0.1) is 6.58 Å². The fourth-order valence-corrected chi connectivity index (χ4v) is 3.64. The van der Waals surface area contributed by atoms with E-state index in [0.717, 1.165) is 44.2 Å². The van der Waals surface area contributed by atoms with Gasteiger partial charge in [-0.3, -0.25) is 4.90 Å². The molecule has 1 fully saturated rings. The maximum Gasteiger partial charge on any atom is 0.119 e. The average Bonchev–Trinajstić information content (AvgIpc) is 2.68. The first-order valence-electron chi connectivity index (χ1n) is 8.95. The van der Waals surface area contributed by atoms with Gasteiger partial charge < -0.3 is 9.47 Å². The van der Waals surface area contributed by atoms with Crippen LogP contribution in [0, 0.1) is 5.92 Å². The molecule has 2 atom stereocenters. The van der Waals surface area contributed by atoms with Crippen LogP contribution in [0.5, 0.6) is 11.5 Å². The van der Waals surface area contributed by atoms with E-state index in [1.165, 1.54) is 5.56 Å². The second-order valence-corrected chi connectivity index (χ2v) is 6.60. The Morgan fingerprint density at radius 1 is 1.08 bits per heavy atom. The van der Waals surface area contributed by atoms with Gasteiger partial charge in [-0.1, -0.05) is 36.4 Å². The zero-order valence-electron chi connectivity index (χ0n) is 14.9. The molecule has 0 saturated carbocycles. The van der Waals surface area contributed by atoms with E-state index in [2.05, 4.69) is 41.8 Å². The zero-order valence-corrected chi connectivity index (χ0v) is 14.9. The van der Waals surface area contributed by atoms with Gasteiger partial charge in [0.05, 0.1) is 13.7 Å². The van der Waals surface area contributed by atoms with Crippen LogP contribution >= 0.6 is 0 Å². The number of ether oxygens (including phenoxy) is 2. The maximum atomic E-state index is 6.12. The number of methoxy groups -OCH3 is 1. The third-order valence-corrected chi connectivity index (χ3v) is 4.96. The molecule has 0 radical (unpaired) electrons. The summed E-state index contributed by atoms with van der Waals surface area (Å²) in [5, 5.41) is 0. The summed E-state index contributed by atoms with van der Waals surface area (Å²) < 4.78 is 11.3. The minimum absolute atomic E-state index is 0.471. The van der Waals surface area contributed by atoms with Gasteiger partial charge >= 0.3 is 0 Å². The summed E-state index contributed by atoms with van der Waals surface area (Å²) in [5.74, 6) is 2.76. The Balaban J connectivity index is 1.69. The number of benzene rings is 2.